The van der Waals surface area contributed by atoms with Crippen LogP contribution in [-0.2, 0) is 17.4 Å². The fourth-order valence-electron chi connectivity index (χ4n) is 2.79. The number of amides is 1. The van der Waals surface area contributed by atoms with Crippen LogP contribution in [0.5, 0.6) is 17.2 Å². The second-order valence-corrected chi connectivity index (χ2v) is 6.43. The van der Waals surface area contributed by atoms with Gasteiger partial charge in [0.2, 0.25) is 5.91 Å². The smallest absolute Gasteiger partial charge is 0.416 e. The number of carbonyl (C=O) groups is 1. The molecule has 0 unspecified atom stereocenters. The maximum absolute atomic E-state index is 12.9. The van der Waals surface area contributed by atoms with Crippen molar-refractivity contribution < 1.29 is 27.4 Å². The molecule has 0 radical (unpaired) electrons. The Bertz CT molecular complexity index is 1000. The first-order valence-corrected chi connectivity index (χ1v) is 9.31. The standard InChI is InChI=1S/C23H20F3NO3/c1-2-29-18-10-12-19(13-11-18)30-21-9-4-3-8-20(21)27-22(28)15-16-6-5-7-17(14-16)23(24,25)26/h3-14H,2,15H2,1H3,(H,27,28). The number of nitrogens with one attached hydrogen (secondary N) is 1. The molecule has 0 fully saturated rings. The third-order valence-corrected chi connectivity index (χ3v) is 4.14. The molecular weight excluding hydrogens is 395 g/mol. The van der Waals surface area contributed by atoms with Crippen molar-refractivity contribution in [1.82, 2.24) is 0 Å². The predicted octanol–water partition coefficient (Wildman–Crippen LogP) is 6.08. The predicted molar refractivity (Wildman–Crippen MR) is 108 cm³/mol. The second kappa shape index (κ2) is 9.35. The SMILES string of the molecule is CCOc1ccc(Oc2ccccc2NC(=O)Cc2cccc(C(F)(F)F)c2)cc1. The highest BCUT2D eigenvalue weighted by Crippen LogP contribution is 2.31. The van der Waals surface area contributed by atoms with Gasteiger partial charge in [-0.05, 0) is 55.0 Å². The lowest BCUT2D eigenvalue weighted by Crippen LogP contribution is -2.15. The van der Waals surface area contributed by atoms with E-state index in [1.54, 1.807) is 48.5 Å². The number of anilines is 1. The molecule has 0 aliphatic rings. The van der Waals surface area contributed by atoms with Gasteiger partial charge in [0.15, 0.2) is 5.75 Å². The molecule has 30 heavy (non-hydrogen) atoms. The van der Waals surface area contributed by atoms with Gasteiger partial charge in [-0.25, -0.2) is 0 Å². The van der Waals surface area contributed by atoms with Crippen molar-refractivity contribution in [3.05, 3.63) is 83.9 Å². The van der Waals surface area contributed by atoms with E-state index in [2.05, 4.69) is 5.32 Å². The quantitative estimate of drug-likeness (QED) is 0.509. The number of benzene rings is 3. The van der Waals surface area contributed by atoms with Gasteiger partial charge in [-0.15, -0.1) is 0 Å². The van der Waals surface area contributed by atoms with E-state index < -0.39 is 17.6 Å². The van der Waals surface area contributed by atoms with Crippen molar-refractivity contribution >= 4 is 11.6 Å². The first-order valence-electron chi connectivity index (χ1n) is 9.31. The summed E-state index contributed by atoms with van der Waals surface area (Å²) in [6.07, 6.45) is -4.65. The molecule has 0 aliphatic heterocycles. The Morgan fingerprint density at radius 3 is 2.33 bits per heavy atom. The molecule has 0 saturated heterocycles. The lowest BCUT2D eigenvalue weighted by molar-refractivity contribution is -0.137. The molecule has 0 atom stereocenters. The molecule has 3 aromatic carbocycles. The number of rotatable bonds is 7. The minimum atomic E-state index is -4.45. The summed E-state index contributed by atoms with van der Waals surface area (Å²) >= 11 is 0. The lowest BCUT2D eigenvalue weighted by Gasteiger charge is -2.13. The zero-order valence-electron chi connectivity index (χ0n) is 16.2. The van der Waals surface area contributed by atoms with Gasteiger partial charge in [-0.1, -0.05) is 30.3 Å². The van der Waals surface area contributed by atoms with Crippen LogP contribution in [0.2, 0.25) is 0 Å². The molecule has 0 aromatic heterocycles. The molecule has 4 nitrogen and oxygen atoms in total. The number of ether oxygens (including phenoxy) is 2. The van der Waals surface area contributed by atoms with E-state index in [1.807, 2.05) is 6.92 Å². The van der Waals surface area contributed by atoms with Crippen molar-refractivity contribution in [3.63, 3.8) is 0 Å². The third-order valence-electron chi connectivity index (χ3n) is 4.14. The Labute approximate surface area is 172 Å². The average molecular weight is 415 g/mol. The van der Waals surface area contributed by atoms with E-state index >= 15 is 0 Å². The topological polar surface area (TPSA) is 47.6 Å². The van der Waals surface area contributed by atoms with Crippen LogP contribution in [0.3, 0.4) is 0 Å². The zero-order valence-corrected chi connectivity index (χ0v) is 16.2. The Balaban J connectivity index is 1.69. The molecule has 3 rings (SSSR count). The summed E-state index contributed by atoms with van der Waals surface area (Å²) in [6, 6.07) is 18.6. The van der Waals surface area contributed by atoms with Crippen molar-refractivity contribution in [2.45, 2.75) is 19.5 Å². The minimum absolute atomic E-state index is 0.193. The van der Waals surface area contributed by atoms with Gasteiger partial charge >= 0.3 is 6.18 Å². The maximum atomic E-state index is 12.9. The van der Waals surface area contributed by atoms with E-state index in [-0.39, 0.29) is 12.0 Å². The lowest BCUT2D eigenvalue weighted by atomic mass is 10.1. The maximum Gasteiger partial charge on any atom is 0.416 e. The van der Waals surface area contributed by atoms with Gasteiger partial charge < -0.3 is 14.8 Å². The highest BCUT2D eigenvalue weighted by Gasteiger charge is 2.30. The van der Waals surface area contributed by atoms with E-state index in [9.17, 15) is 18.0 Å². The van der Waals surface area contributed by atoms with Crippen LogP contribution in [-0.4, -0.2) is 12.5 Å². The van der Waals surface area contributed by atoms with E-state index in [0.717, 1.165) is 12.1 Å². The Morgan fingerprint density at radius 1 is 0.933 bits per heavy atom. The molecule has 0 heterocycles. The van der Waals surface area contributed by atoms with Crippen LogP contribution in [0.15, 0.2) is 72.8 Å². The van der Waals surface area contributed by atoms with Crippen molar-refractivity contribution in [3.8, 4) is 17.2 Å². The summed E-state index contributed by atoms with van der Waals surface area (Å²) in [4.78, 5) is 12.4. The van der Waals surface area contributed by atoms with Crippen LogP contribution in [0.1, 0.15) is 18.1 Å². The summed E-state index contributed by atoms with van der Waals surface area (Å²) in [5.41, 5.74) is -0.0948. The van der Waals surface area contributed by atoms with Crippen molar-refractivity contribution in [2.75, 3.05) is 11.9 Å². The number of para-hydroxylation sites is 2. The second-order valence-electron chi connectivity index (χ2n) is 6.43. The number of hydrogen-bond donors (Lipinski definition) is 1. The van der Waals surface area contributed by atoms with E-state index in [0.29, 0.717) is 29.5 Å². The molecule has 1 amide bonds. The van der Waals surface area contributed by atoms with Crippen LogP contribution >= 0.6 is 0 Å². The van der Waals surface area contributed by atoms with Crippen molar-refractivity contribution in [2.24, 2.45) is 0 Å². The molecule has 0 bridgehead atoms. The number of carbonyl (C=O) groups excluding carboxylic acids is 1. The highest BCUT2D eigenvalue weighted by atomic mass is 19.4. The molecule has 0 aliphatic carbocycles. The summed E-state index contributed by atoms with van der Waals surface area (Å²) in [7, 11) is 0. The zero-order chi connectivity index (χ0) is 21.6. The average Bonchev–Trinajstić information content (AvgIpc) is 2.71. The molecular formula is C23H20F3NO3. The number of hydrogen-bond acceptors (Lipinski definition) is 3. The van der Waals surface area contributed by atoms with Gasteiger partial charge in [-0.3, -0.25) is 4.79 Å². The summed E-state index contributed by atoms with van der Waals surface area (Å²) in [6.45, 7) is 2.45. The van der Waals surface area contributed by atoms with Crippen LogP contribution in [0.25, 0.3) is 0 Å². The summed E-state index contributed by atoms with van der Waals surface area (Å²) in [5.74, 6) is 1.24. The van der Waals surface area contributed by atoms with E-state index in [4.69, 9.17) is 9.47 Å². The number of alkyl halides is 3. The van der Waals surface area contributed by atoms with E-state index in [1.165, 1.54) is 12.1 Å². The first-order chi connectivity index (χ1) is 14.3. The van der Waals surface area contributed by atoms with Gasteiger partial charge in [-0.2, -0.15) is 13.2 Å². The normalized spacial score (nSPS) is 11.1. The van der Waals surface area contributed by atoms with Gasteiger partial charge in [0.25, 0.3) is 0 Å². The Hall–Kier alpha value is -3.48. The van der Waals surface area contributed by atoms with Crippen LogP contribution < -0.4 is 14.8 Å². The minimum Gasteiger partial charge on any atom is -0.494 e. The monoisotopic (exact) mass is 415 g/mol. The largest absolute Gasteiger partial charge is 0.494 e. The summed E-state index contributed by atoms with van der Waals surface area (Å²) < 4.78 is 49.8. The molecule has 0 saturated carbocycles. The molecule has 1 N–H and O–H groups in total. The first kappa shape index (κ1) is 21.2. The Morgan fingerprint density at radius 2 is 1.63 bits per heavy atom. The molecule has 7 heteroatoms. The fourth-order valence-corrected chi connectivity index (χ4v) is 2.79. The Kier molecular flexibility index (Phi) is 6.61. The third kappa shape index (κ3) is 5.76. The van der Waals surface area contributed by atoms with Gasteiger partial charge in [0.05, 0.1) is 24.3 Å². The molecule has 156 valence electrons. The van der Waals surface area contributed by atoms with Crippen molar-refractivity contribution in [1.29, 1.82) is 0 Å². The fraction of sp³-hybridized carbons (Fsp3) is 0.174. The molecule has 3 aromatic rings. The highest BCUT2D eigenvalue weighted by molar-refractivity contribution is 5.93. The van der Waals surface area contributed by atoms with Crippen LogP contribution in [0, 0.1) is 0 Å². The van der Waals surface area contributed by atoms with Gasteiger partial charge in [0.1, 0.15) is 11.5 Å². The van der Waals surface area contributed by atoms with Crippen LogP contribution in [0.4, 0.5) is 18.9 Å². The number of halogens is 3. The van der Waals surface area contributed by atoms with Gasteiger partial charge in [0, 0.05) is 0 Å². The summed E-state index contributed by atoms with van der Waals surface area (Å²) in [5, 5.41) is 2.70. The molecule has 0 spiro atoms.